The number of carbonyl (C=O) groups is 1. The van der Waals surface area contributed by atoms with Crippen molar-refractivity contribution in [2.24, 2.45) is 0 Å². The van der Waals surface area contributed by atoms with Crippen LogP contribution in [0.5, 0.6) is 0 Å². The molecular formula is C17H17F3N2O3S. The number of halogens is 3. The molecule has 2 aromatic rings. The molecule has 2 aromatic carbocycles. The highest BCUT2D eigenvalue weighted by atomic mass is 32.2. The summed E-state index contributed by atoms with van der Waals surface area (Å²) in [7, 11) is -2.75. The minimum Gasteiger partial charge on any atom is -0.324 e. The molecule has 0 heterocycles. The summed E-state index contributed by atoms with van der Waals surface area (Å²) in [5.41, 5.74) is -0.559. The van der Waals surface area contributed by atoms with Gasteiger partial charge in [-0.1, -0.05) is 29.8 Å². The zero-order valence-corrected chi connectivity index (χ0v) is 14.9. The number of para-hydroxylation sites is 1. The van der Waals surface area contributed by atoms with Gasteiger partial charge in [0, 0.05) is 7.05 Å². The van der Waals surface area contributed by atoms with E-state index in [0.717, 1.165) is 22.0 Å². The number of alkyl halides is 3. The SMILES string of the molecule is Cc1ccc(S(=O)(=O)N(C)CC(=O)Nc2ccccc2C(F)(F)F)cc1. The van der Waals surface area contributed by atoms with Crippen LogP contribution in [0, 0.1) is 6.92 Å². The first-order chi connectivity index (χ1) is 12.0. The van der Waals surface area contributed by atoms with E-state index in [4.69, 9.17) is 0 Å². The van der Waals surface area contributed by atoms with Crippen molar-refractivity contribution in [3.05, 3.63) is 59.7 Å². The number of benzene rings is 2. The van der Waals surface area contributed by atoms with Crippen molar-refractivity contribution in [1.29, 1.82) is 0 Å². The smallest absolute Gasteiger partial charge is 0.324 e. The highest BCUT2D eigenvalue weighted by Crippen LogP contribution is 2.34. The summed E-state index contributed by atoms with van der Waals surface area (Å²) in [5, 5.41) is 2.12. The standard InChI is InChI=1S/C17H17F3N2O3S/c1-12-7-9-13(10-8-12)26(24,25)22(2)11-16(23)21-15-6-4-3-5-14(15)17(18,19)20/h3-10H,11H2,1-2H3,(H,21,23). The van der Waals surface area contributed by atoms with E-state index in [1.54, 1.807) is 19.1 Å². The van der Waals surface area contributed by atoms with Crippen molar-refractivity contribution >= 4 is 21.6 Å². The molecule has 0 saturated heterocycles. The van der Waals surface area contributed by atoms with Crippen molar-refractivity contribution in [1.82, 2.24) is 4.31 Å². The summed E-state index contributed by atoms with van der Waals surface area (Å²) in [6.07, 6.45) is -4.64. The van der Waals surface area contributed by atoms with Gasteiger partial charge in [0.25, 0.3) is 0 Å². The van der Waals surface area contributed by atoms with E-state index in [1.165, 1.54) is 31.3 Å². The fraction of sp³-hybridized carbons (Fsp3) is 0.235. The molecule has 0 fully saturated rings. The fourth-order valence-electron chi connectivity index (χ4n) is 2.21. The summed E-state index contributed by atoms with van der Waals surface area (Å²) < 4.78 is 64.5. The van der Waals surface area contributed by atoms with Crippen LogP contribution in [0.15, 0.2) is 53.4 Å². The number of hydrogen-bond donors (Lipinski definition) is 1. The maximum Gasteiger partial charge on any atom is 0.418 e. The van der Waals surface area contributed by atoms with E-state index < -0.39 is 39.9 Å². The van der Waals surface area contributed by atoms with E-state index in [2.05, 4.69) is 5.32 Å². The lowest BCUT2D eigenvalue weighted by Gasteiger charge is -2.18. The van der Waals surface area contributed by atoms with Gasteiger partial charge in [0.2, 0.25) is 15.9 Å². The van der Waals surface area contributed by atoms with E-state index in [0.29, 0.717) is 0 Å². The molecule has 140 valence electrons. The summed E-state index contributed by atoms with van der Waals surface area (Å²) >= 11 is 0. The molecule has 5 nitrogen and oxygen atoms in total. The van der Waals surface area contributed by atoms with Crippen molar-refractivity contribution in [2.45, 2.75) is 18.0 Å². The Labute approximate surface area is 149 Å². The lowest BCUT2D eigenvalue weighted by molar-refractivity contribution is -0.137. The molecule has 0 bridgehead atoms. The van der Waals surface area contributed by atoms with Gasteiger partial charge < -0.3 is 5.32 Å². The minimum atomic E-state index is -4.64. The molecule has 26 heavy (non-hydrogen) atoms. The molecule has 0 aliphatic heterocycles. The zero-order chi connectivity index (χ0) is 19.5. The Kier molecular flexibility index (Phi) is 5.72. The Morgan fingerprint density at radius 1 is 1.08 bits per heavy atom. The number of nitrogens with zero attached hydrogens (tertiary/aromatic N) is 1. The van der Waals surface area contributed by atoms with E-state index in [9.17, 15) is 26.4 Å². The fourth-order valence-corrected chi connectivity index (χ4v) is 3.33. The van der Waals surface area contributed by atoms with Gasteiger partial charge in [-0.25, -0.2) is 8.42 Å². The largest absolute Gasteiger partial charge is 0.418 e. The van der Waals surface area contributed by atoms with Gasteiger partial charge in [-0.2, -0.15) is 17.5 Å². The van der Waals surface area contributed by atoms with Gasteiger partial charge in [0.1, 0.15) is 0 Å². The predicted octanol–water partition coefficient (Wildman–Crippen LogP) is 3.27. The van der Waals surface area contributed by atoms with Crippen molar-refractivity contribution < 1.29 is 26.4 Å². The van der Waals surface area contributed by atoms with Gasteiger partial charge >= 0.3 is 6.18 Å². The van der Waals surface area contributed by atoms with Crippen LogP contribution in [0.2, 0.25) is 0 Å². The lowest BCUT2D eigenvalue weighted by Crippen LogP contribution is -2.35. The second kappa shape index (κ2) is 7.46. The van der Waals surface area contributed by atoms with Crippen LogP contribution >= 0.6 is 0 Å². The maximum atomic E-state index is 12.9. The number of hydrogen-bond acceptors (Lipinski definition) is 3. The van der Waals surface area contributed by atoms with Gasteiger partial charge in [-0.15, -0.1) is 0 Å². The number of likely N-dealkylation sites (N-methyl/N-ethyl adjacent to an activating group) is 1. The van der Waals surface area contributed by atoms with E-state index in [-0.39, 0.29) is 4.90 Å². The Hall–Kier alpha value is -2.39. The van der Waals surface area contributed by atoms with Crippen molar-refractivity contribution in [2.75, 3.05) is 18.9 Å². The molecule has 0 aromatic heterocycles. The molecule has 9 heteroatoms. The van der Waals surface area contributed by atoms with Gasteiger partial charge in [-0.3, -0.25) is 4.79 Å². The van der Waals surface area contributed by atoms with Gasteiger partial charge in [0.15, 0.2) is 0 Å². The van der Waals surface area contributed by atoms with Crippen LogP contribution in [-0.2, 0) is 21.0 Å². The van der Waals surface area contributed by atoms with Crippen LogP contribution in [0.3, 0.4) is 0 Å². The normalized spacial score (nSPS) is 12.2. The third-order valence-electron chi connectivity index (χ3n) is 3.60. The summed E-state index contributed by atoms with van der Waals surface area (Å²) in [5.74, 6) is -0.875. The summed E-state index contributed by atoms with van der Waals surface area (Å²) in [4.78, 5) is 12.0. The van der Waals surface area contributed by atoms with E-state index in [1.807, 2.05) is 0 Å². The number of nitrogens with one attached hydrogen (secondary N) is 1. The van der Waals surface area contributed by atoms with E-state index >= 15 is 0 Å². The van der Waals surface area contributed by atoms with Crippen LogP contribution in [0.1, 0.15) is 11.1 Å². The lowest BCUT2D eigenvalue weighted by atomic mass is 10.1. The highest BCUT2D eigenvalue weighted by Gasteiger charge is 2.33. The molecule has 2 rings (SSSR count). The van der Waals surface area contributed by atoms with Gasteiger partial charge in [0.05, 0.1) is 22.7 Å². The predicted molar refractivity (Wildman–Crippen MR) is 91.1 cm³/mol. The maximum absolute atomic E-state index is 12.9. The molecule has 0 aliphatic carbocycles. The molecule has 0 atom stereocenters. The van der Waals surface area contributed by atoms with Crippen LogP contribution in [0.4, 0.5) is 18.9 Å². The summed E-state index contributed by atoms with van der Waals surface area (Å²) in [6, 6.07) is 10.5. The number of sulfonamides is 1. The Morgan fingerprint density at radius 2 is 1.65 bits per heavy atom. The summed E-state index contributed by atoms with van der Waals surface area (Å²) in [6.45, 7) is 1.17. The second-order valence-corrected chi connectivity index (χ2v) is 7.71. The van der Waals surface area contributed by atoms with Gasteiger partial charge in [-0.05, 0) is 31.2 Å². The number of rotatable bonds is 5. The van der Waals surface area contributed by atoms with Crippen LogP contribution < -0.4 is 5.32 Å². The van der Waals surface area contributed by atoms with Crippen molar-refractivity contribution in [3.63, 3.8) is 0 Å². The Morgan fingerprint density at radius 3 is 2.23 bits per heavy atom. The molecule has 0 unspecified atom stereocenters. The minimum absolute atomic E-state index is 0.00547. The topological polar surface area (TPSA) is 66.5 Å². The zero-order valence-electron chi connectivity index (χ0n) is 14.0. The first kappa shape index (κ1) is 19.9. The van der Waals surface area contributed by atoms with Crippen LogP contribution in [-0.4, -0.2) is 32.2 Å². The quantitative estimate of drug-likeness (QED) is 0.858. The molecule has 0 radical (unpaired) electrons. The number of carbonyl (C=O) groups excluding carboxylic acids is 1. The number of amides is 1. The molecule has 1 amide bonds. The Balaban J connectivity index is 2.14. The third kappa shape index (κ3) is 4.61. The average molecular weight is 386 g/mol. The molecular weight excluding hydrogens is 369 g/mol. The average Bonchev–Trinajstić information content (AvgIpc) is 2.54. The first-order valence-corrected chi connectivity index (χ1v) is 8.95. The number of aryl methyl sites for hydroxylation is 1. The third-order valence-corrected chi connectivity index (χ3v) is 5.42. The molecule has 0 aliphatic rings. The Bertz CT molecular complexity index is 894. The highest BCUT2D eigenvalue weighted by molar-refractivity contribution is 7.89. The first-order valence-electron chi connectivity index (χ1n) is 7.51. The van der Waals surface area contributed by atoms with Crippen LogP contribution in [0.25, 0.3) is 0 Å². The second-order valence-electron chi connectivity index (χ2n) is 5.67. The number of anilines is 1. The molecule has 0 spiro atoms. The molecule has 0 saturated carbocycles. The van der Waals surface area contributed by atoms with Crippen molar-refractivity contribution in [3.8, 4) is 0 Å². The molecule has 1 N–H and O–H groups in total. The monoisotopic (exact) mass is 386 g/mol.